The van der Waals surface area contributed by atoms with Crippen LogP contribution in [0.25, 0.3) is 0 Å². The van der Waals surface area contributed by atoms with Gasteiger partial charge in [0.2, 0.25) is 0 Å². The van der Waals surface area contributed by atoms with E-state index in [2.05, 4.69) is 58.0 Å². The predicted octanol–water partition coefficient (Wildman–Crippen LogP) is 3.88. The molecule has 1 aromatic rings. The number of imidazole rings is 1. The van der Waals surface area contributed by atoms with Crippen molar-refractivity contribution < 1.29 is 1.37 Å². The number of hydrogen-bond donors (Lipinski definition) is 0. The fourth-order valence-corrected chi connectivity index (χ4v) is 1.82. The van der Waals surface area contributed by atoms with Crippen molar-refractivity contribution in [1.82, 2.24) is 9.55 Å². The van der Waals surface area contributed by atoms with Gasteiger partial charge in [-0.15, -0.1) is 0 Å². The van der Waals surface area contributed by atoms with Crippen molar-refractivity contribution in [2.75, 3.05) is 0 Å². The summed E-state index contributed by atoms with van der Waals surface area (Å²) in [6, 6.07) is 0. The van der Waals surface area contributed by atoms with Crippen LogP contribution in [-0.2, 0) is 5.54 Å². The van der Waals surface area contributed by atoms with Crippen LogP contribution in [0.5, 0.6) is 0 Å². The fourth-order valence-electron chi connectivity index (χ4n) is 1.82. The molecule has 0 bridgehead atoms. The van der Waals surface area contributed by atoms with Crippen molar-refractivity contribution >= 4 is 0 Å². The maximum absolute atomic E-state index is 8.03. The molecule has 86 valence electrons. The van der Waals surface area contributed by atoms with Gasteiger partial charge < -0.3 is 4.57 Å². The summed E-state index contributed by atoms with van der Waals surface area (Å²) < 4.78 is 10.1. The molecule has 0 aliphatic heterocycles. The molecule has 15 heavy (non-hydrogen) atoms. The van der Waals surface area contributed by atoms with E-state index in [0.717, 1.165) is 5.69 Å². The summed E-state index contributed by atoms with van der Waals surface area (Å²) in [5.74, 6) is 0.785. The molecule has 0 aromatic carbocycles. The van der Waals surface area contributed by atoms with Crippen LogP contribution in [0.4, 0.5) is 0 Å². The third-order valence-corrected chi connectivity index (χ3v) is 2.54. The highest BCUT2D eigenvalue weighted by molar-refractivity contribution is 5.21. The van der Waals surface area contributed by atoms with E-state index >= 15 is 0 Å². The lowest BCUT2D eigenvalue weighted by Gasteiger charge is -2.26. The second kappa shape index (κ2) is 3.99. The molecular formula is C13H24N2. The Morgan fingerprint density at radius 2 is 1.73 bits per heavy atom. The summed E-state index contributed by atoms with van der Waals surface area (Å²) >= 11 is 0. The second-order valence-electron chi connectivity index (χ2n) is 5.80. The molecule has 0 saturated carbocycles. The third kappa shape index (κ3) is 2.42. The van der Waals surface area contributed by atoms with Crippen LogP contribution >= 0.6 is 0 Å². The predicted molar refractivity (Wildman–Crippen MR) is 65.4 cm³/mol. The summed E-state index contributed by atoms with van der Waals surface area (Å²) in [7, 11) is 0. The van der Waals surface area contributed by atoms with Crippen LogP contribution in [0.15, 0.2) is 6.30 Å². The summed E-state index contributed by atoms with van der Waals surface area (Å²) in [5.41, 5.74) is 2.22. The summed E-state index contributed by atoms with van der Waals surface area (Å²) in [5, 5.41) is 0. The van der Waals surface area contributed by atoms with Gasteiger partial charge in [-0.25, -0.2) is 4.98 Å². The van der Waals surface area contributed by atoms with Gasteiger partial charge in [0.25, 0.3) is 0 Å². The first-order valence-corrected chi connectivity index (χ1v) is 5.75. The Morgan fingerprint density at radius 3 is 2.07 bits per heavy atom. The molecule has 0 spiro atoms. The number of aromatic nitrogens is 2. The first-order valence-electron chi connectivity index (χ1n) is 6.25. The zero-order valence-corrected chi connectivity index (χ0v) is 11.0. The van der Waals surface area contributed by atoms with E-state index in [-0.39, 0.29) is 5.54 Å². The molecule has 1 aromatic heterocycles. The molecule has 2 heteroatoms. The molecule has 0 radical (unpaired) electrons. The van der Waals surface area contributed by atoms with E-state index in [4.69, 9.17) is 1.37 Å². The van der Waals surface area contributed by atoms with Crippen molar-refractivity contribution in [3.63, 3.8) is 0 Å². The first kappa shape index (κ1) is 10.7. The molecule has 0 fully saturated rings. The monoisotopic (exact) mass is 209 g/mol. The minimum Gasteiger partial charge on any atom is -0.329 e. The largest absolute Gasteiger partial charge is 0.329 e. The normalized spacial score (nSPS) is 13.8. The lowest BCUT2D eigenvalue weighted by Crippen LogP contribution is -2.24. The average molecular weight is 209 g/mol. The van der Waals surface area contributed by atoms with E-state index in [1.165, 1.54) is 5.69 Å². The quantitative estimate of drug-likeness (QED) is 0.722. The van der Waals surface area contributed by atoms with Crippen molar-refractivity contribution in [3.8, 4) is 0 Å². The Balaban J connectivity index is 3.48. The topological polar surface area (TPSA) is 17.8 Å². The van der Waals surface area contributed by atoms with Crippen LogP contribution in [0.1, 0.15) is 73.1 Å². The number of hydrogen-bond acceptors (Lipinski definition) is 1. The van der Waals surface area contributed by atoms with Gasteiger partial charge in [0.15, 0.2) is 0 Å². The molecule has 1 heterocycles. The first-order chi connectivity index (χ1) is 7.16. The minimum absolute atomic E-state index is 0.0726. The Bertz CT molecular complexity index is 370. The minimum atomic E-state index is -0.0726. The Morgan fingerprint density at radius 1 is 1.20 bits per heavy atom. The highest BCUT2D eigenvalue weighted by Crippen LogP contribution is 2.29. The van der Waals surface area contributed by atoms with Gasteiger partial charge in [-0.2, -0.15) is 0 Å². The molecule has 0 amide bonds. The molecule has 1 rings (SSSR count). The SMILES string of the molecule is [2H]c1nc(C(C)C)c(C(C)C)n1C(C)(C)C. The summed E-state index contributed by atoms with van der Waals surface area (Å²) in [6.07, 6.45) is 0.389. The van der Waals surface area contributed by atoms with Crippen LogP contribution in [0.3, 0.4) is 0 Å². The molecule has 0 atom stereocenters. The van der Waals surface area contributed by atoms with Crippen molar-refractivity contribution in [2.24, 2.45) is 0 Å². The Labute approximate surface area is 95.1 Å². The highest BCUT2D eigenvalue weighted by Gasteiger charge is 2.23. The maximum atomic E-state index is 8.03. The fraction of sp³-hybridized carbons (Fsp3) is 0.769. The Kier molecular flexibility index (Phi) is 2.85. The van der Waals surface area contributed by atoms with Crippen molar-refractivity contribution in [3.05, 3.63) is 17.7 Å². The van der Waals surface area contributed by atoms with Crippen molar-refractivity contribution in [1.29, 1.82) is 0 Å². The maximum Gasteiger partial charge on any atom is 0.104 e. The van der Waals surface area contributed by atoms with Gasteiger partial charge in [0, 0.05) is 11.2 Å². The van der Waals surface area contributed by atoms with Crippen LogP contribution in [-0.4, -0.2) is 9.55 Å². The summed E-state index contributed by atoms with van der Waals surface area (Å²) in [6.45, 7) is 15.0. The van der Waals surface area contributed by atoms with Crippen LogP contribution in [0.2, 0.25) is 0 Å². The van der Waals surface area contributed by atoms with Gasteiger partial charge in [-0.3, -0.25) is 0 Å². The van der Waals surface area contributed by atoms with Gasteiger partial charge in [0.05, 0.1) is 12.0 Å². The smallest absolute Gasteiger partial charge is 0.104 e. The lowest BCUT2D eigenvalue weighted by molar-refractivity contribution is 0.378. The third-order valence-electron chi connectivity index (χ3n) is 2.54. The van der Waals surface area contributed by atoms with E-state index in [1.807, 2.05) is 0 Å². The van der Waals surface area contributed by atoms with Crippen LogP contribution in [0, 0.1) is 0 Å². The van der Waals surface area contributed by atoms with E-state index in [0.29, 0.717) is 18.1 Å². The standard InChI is InChI=1S/C13H24N2/c1-9(2)11-12(10(3)4)15(8-14-11)13(5,6)7/h8-10H,1-7H3/i8D. The van der Waals surface area contributed by atoms with Gasteiger partial charge in [-0.05, 0) is 32.6 Å². The molecule has 0 aliphatic carbocycles. The van der Waals surface area contributed by atoms with Crippen molar-refractivity contribution in [2.45, 2.75) is 65.8 Å². The number of nitrogens with zero attached hydrogens (tertiary/aromatic N) is 2. The van der Waals surface area contributed by atoms with Gasteiger partial charge in [0.1, 0.15) is 1.37 Å². The zero-order valence-electron chi connectivity index (χ0n) is 12.0. The molecule has 0 aliphatic rings. The van der Waals surface area contributed by atoms with Crippen LogP contribution < -0.4 is 0 Å². The number of rotatable bonds is 2. The zero-order chi connectivity index (χ0) is 12.7. The van der Waals surface area contributed by atoms with E-state index in [1.54, 1.807) is 0 Å². The molecule has 2 nitrogen and oxygen atoms in total. The lowest BCUT2D eigenvalue weighted by atomic mass is 9.99. The Hall–Kier alpha value is -0.790. The van der Waals surface area contributed by atoms with E-state index in [9.17, 15) is 0 Å². The molecule has 0 unspecified atom stereocenters. The average Bonchev–Trinajstić information content (AvgIpc) is 2.41. The van der Waals surface area contributed by atoms with E-state index < -0.39 is 0 Å². The molecule has 0 saturated heterocycles. The van der Waals surface area contributed by atoms with Gasteiger partial charge in [-0.1, -0.05) is 27.7 Å². The molecule has 0 N–H and O–H groups in total. The van der Waals surface area contributed by atoms with Gasteiger partial charge >= 0.3 is 0 Å². The highest BCUT2D eigenvalue weighted by atomic mass is 15.1. The molecular weight excluding hydrogens is 184 g/mol. The summed E-state index contributed by atoms with van der Waals surface area (Å²) in [4.78, 5) is 4.43. The second-order valence-corrected chi connectivity index (χ2v) is 5.80.